The van der Waals surface area contributed by atoms with Crippen molar-refractivity contribution in [3.8, 4) is 28.7 Å². The highest BCUT2D eigenvalue weighted by Gasteiger charge is 2.49. The smallest absolute Gasteiger partial charge is 0.317 e. The van der Waals surface area contributed by atoms with Crippen LogP contribution in [0.2, 0.25) is 0 Å². The summed E-state index contributed by atoms with van der Waals surface area (Å²) in [7, 11) is 7.49. The SMILES string of the molecule is CCOC(=O)[C@@H]1C(=O)c2cc(OC)c(OC)c(OC)c2[C@H]1c1ccc(OC)c(OC)c1. The summed E-state index contributed by atoms with van der Waals surface area (Å²) in [6.45, 7) is 1.85. The van der Waals surface area contributed by atoms with Crippen molar-refractivity contribution in [3.63, 3.8) is 0 Å². The zero-order valence-corrected chi connectivity index (χ0v) is 18.4. The monoisotopic (exact) mass is 430 g/mol. The molecule has 0 spiro atoms. The molecule has 0 heterocycles. The van der Waals surface area contributed by atoms with Crippen molar-refractivity contribution in [3.05, 3.63) is 41.0 Å². The molecule has 0 bridgehead atoms. The lowest BCUT2D eigenvalue weighted by Gasteiger charge is -2.22. The van der Waals surface area contributed by atoms with E-state index >= 15 is 0 Å². The lowest BCUT2D eigenvalue weighted by molar-refractivity contribution is -0.146. The second kappa shape index (κ2) is 9.16. The van der Waals surface area contributed by atoms with Crippen LogP contribution >= 0.6 is 0 Å². The minimum Gasteiger partial charge on any atom is -0.493 e. The minimum atomic E-state index is -1.08. The lowest BCUT2D eigenvalue weighted by atomic mass is 9.85. The normalized spacial score (nSPS) is 17.0. The fourth-order valence-electron chi connectivity index (χ4n) is 4.06. The maximum Gasteiger partial charge on any atom is 0.317 e. The summed E-state index contributed by atoms with van der Waals surface area (Å²) >= 11 is 0. The van der Waals surface area contributed by atoms with Crippen LogP contribution in [0.1, 0.15) is 34.3 Å². The molecule has 0 N–H and O–H groups in total. The van der Waals surface area contributed by atoms with E-state index in [1.165, 1.54) is 35.5 Å². The summed E-state index contributed by atoms with van der Waals surface area (Å²) in [5.74, 6) is -0.720. The van der Waals surface area contributed by atoms with Gasteiger partial charge in [0.05, 0.1) is 42.2 Å². The zero-order chi connectivity index (χ0) is 22.7. The van der Waals surface area contributed by atoms with Crippen LogP contribution < -0.4 is 23.7 Å². The summed E-state index contributed by atoms with van der Waals surface area (Å²) in [6.07, 6.45) is 0. The predicted molar refractivity (Wildman–Crippen MR) is 112 cm³/mol. The van der Waals surface area contributed by atoms with E-state index in [1.54, 1.807) is 31.2 Å². The second-order valence-electron chi connectivity index (χ2n) is 6.79. The molecule has 166 valence electrons. The van der Waals surface area contributed by atoms with Crippen molar-refractivity contribution in [2.45, 2.75) is 12.8 Å². The van der Waals surface area contributed by atoms with Gasteiger partial charge in [0.25, 0.3) is 0 Å². The number of carbonyl (C=O) groups excluding carboxylic acids is 2. The highest BCUT2D eigenvalue weighted by Crippen LogP contribution is 2.54. The van der Waals surface area contributed by atoms with Crippen LogP contribution in [0.4, 0.5) is 0 Å². The molecule has 0 unspecified atom stereocenters. The lowest BCUT2D eigenvalue weighted by Crippen LogP contribution is -2.27. The Morgan fingerprint density at radius 2 is 1.48 bits per heavy atom. The van der Waals surface area contributed by atoms with E-state index < -0.39 is 17.8 Å². The van der Waals surface area contributed by atoms with E-state index in [9.17, 15) is 9.59 Å². The second-order valence-corrected chi connectivity index (χ2v) is 6.79. The molecular weight excluding hydrogens is 404 g/mol. The molecule has 2 atom stereocenters. The van der Waals surface area contributed by atoms with Crippen molar-refractivity contribution >= 4 is 11.8 Å². The average Bonchev–Trinajstić information content (AvgIpc) is 3.09. The van der Waals surface area contributed by atoms with Crippen molar-refractivity contribution in [2.75, 3.05) is 42.2 Å². The van der Waals surface area contributed by atoms with Gasteiger partial charge in [-0.05, 0) is 30.7 Å². The summed E-state index contributed by atoms with van der Waals surface area (Å²) in [5.41, 5.74) is 1.54. The van der Waals surface area contributed by atoms with Crippen molar-refractivity contribution in [1.29, 1.82) is 0 Å². The Morgan fingerprint density at radius 3 is 2.03 bits per heavy atom. The number of hydrogen-bond donors (Lipinski definition) is 0. The largest absolute Gasteiger partial charge is 0.493 e. The Balaban J connectivity index is 2.32. The molecule has 1 aliphatic rings. The topological polar surface area (TPSA) is 89.5 Å². The van der Waals surface area contributed by atoms with E-state index in [1.807, 2.05) is 0 Å². The van der Waals surface area contributed by atoms with Gasteiger partial charge in [0.2, 0.25) is 5.75 Å². The van der Waals surface area contributed by atoms with E-state index in [0.29, 0.717) is 45.4 Å². The summed E-state index contributed by atoms with van der Waals surface area (Å²) in [6, 6.07) is 6.84. The van der Waals surface area contributed by atoms with E-state index in [0.717, 1.165) is 0 Å². The number of hydrogen-bond acceptors (Lipinski definition) is 8. The first-order chi connectivity index (χ1) is 15.0. The van der Waals surface area contributed by atoms with E-state index in [4.69, 9.17) is 28.4 Å². The quantitative estimate of drug-likeness (QED) is 0.466. The number of fused-ring (bicyclic) bond motifs is 1. The van der Waals surface area contributed by atoms with Gasteiger partial charge >= 0.3 is 5.97 Å². The maximum absolute atomic E-state index is 13.4. The van der Waals surface area contributed by atoms with Crippen LogP contribution in [0.3, 0.4) is 0 Å². The van der Waals surface area contributed by atoms with Crippen LogP contribution in [0.5, 0.6) is 28.7 Å². The predicted octanol–water partition coefficient (Wildman–Crippen LogP) is 3.24. The Bertz CT molecular complexity index is 998. The van der Waals surface area contributed by atoms with Gasteiger partial charge in [0.1, 0.15) is 5.92 Å². The van der Waals surface area contributed by atoms with Crippen LogP contribution in [-0.4, -0.2) is 53.9 Å². The van der Waals surface area contributed by atoms with Gasteiger partial charge in [-0.25, -0.2) is 0 Å². The molecular formula is C23H26O8. The molecule has 2 aromatic rings. The summed E-state index contributed by atoms with van der Waals surface area (Å²) < 4.78 is 32.5. The third-order valence-electron chi connectivity index (χ3n) is 5.37. The Hall–Kier alpha value is -3.42. The van der Waals surface area contributed by atoms with E-state index in [-0.39, 0.29) is 12.4 Å². The molecule has 0 amide bonds. The Labute approximate surface area is 181 Å². The fourth-order valence-corrected chi connectivity index (χ4v) is 4.06. The number of ether oxygens (including phenoxy) is 6. The number of ketones is 1. The minimum absolute atomic E-state index is 0.154. The number of Topliss-reactive ketones (excluding diaryl/α,β-unsaturated/α-hetero) is 1. The summed E-state index contributed by atoms with van der Waals surface area (Å²) in [4.78, 5) is 26.3. The van der Waals surface area contributed by atoms with Gasteiger partial charge in [-0.1, -0.05) is 6.07 Å². The number of benzene rings is 2. The molecule has 8 heteroatoms. The first kappa shape index (κ1) is 22.3. The molecule has 0 fully saturated rings. The van der Waals surface area contributed by atoms with Crippen LogP contribution in [0.15, 0.2) is 24.3 Å². The average molecular weight is 430 g/mol. The Morgan fingerprint density at radius 1 is 0.839 bits per heavy atom. The number of methoxy groups -OCH3 is 5. The molecule has 0 aromatic heterocycles. The molecule has 8 nitrogen and oxygen atoms in total. The number of rotatable bonds is 8. The van der Waals surface area contributed by atoms with Gasteiger partial charge in [-0.3, -0.25) is 9.59 Å². The molecule has 0 saturated carbocycles. The molecule has 0 aliphatic heterocycles. The number of carbonyl (C=O) groups is 2. The highest BCUT2D eigenvalue weighted by atomic mass is 16.5. The highest BCUT2D eigenvalue weighted by molar-refractivity contribution is 6.15. The molecule has 3 rings (SSSR count). The van der Waals surface area contributed by atoms with Crippen LogP contribution in [0.25, 0.3) is 0 Å². The molecule has 2 aromatic carbocycles. The first-order valence-electron chi connectivity index (χ1n) is 9.72. The molecule has 0 radical (unpaired) electrons. The first-order valence-corrected chi connectivity index (χ1v) is 9.72. The molecule has 1 aliphatic carbocycles. The van der Waals surface area contributed by atoms with Crippen molar-refractivity contribution in [2.24, 2.45) is 5.92 Å². The van der Waals surface area contributed by atoms with Gasteiger partial charge in [-0.2, -0.15) is 0 Å². The van der Waals surface area contributed by atoms with Gasteiger partial charge in [0.15, 0.2) is 28.8 Å². The molecule has 0 saturated heterocycles. The number of esters is 1. The molecule has 31 heavy (non-hydrogen) atoms. The van der Waals surface area contributed by atoms with Crippen molar-refractivity contribution in [1.82, 2.24) is 0 Å². The van der Waals surface area contributed by atoms with Gasteiger partial charge in [-0.15, -0.1) is 0 Å². The van der Waals surface area contributed by atoms with Crippen LogP contribution in [-0.2, 0) is 9.53 Å². The zero-order valence-electron chi connectivity index (χ0n) is 18.4. The Kier molecular flexibility index (Phi) is 6.58. The van der Waals surface area contributed by atoms with Crippen LogP contribution in [0, 0.1) is 5.92 Å². The third kappa shape index (κ3) is 3.62. The third-order valence-corrected chi connectivity index (χ3v) is 5.37. The van der Waals surface area contributed by atoms with E-state index in [2.05, 4.69) is 0 Å². The van der Waals surface area contributed by atoms with Gasteiger partial charge < -0.3 is 28.4 Å². The standard InChI is InChI=1S/C23H26O8/c1-7-31-23(25)19-17(12-8-9-14(26-2)15(10-12)27-3)18-13(20(19)24)11-16(28-4)21(29-5)22(18)30-6/h8-11,17,19H,7H2,1-6H3/t17-,19+/m1/s1. The van der Waals surface area contributed by atoms with Gasteiger partial charge in [0, 0.05) is 17.0 Å². The fraction of sp³-hybridized carbons (Fsp3) is 0.391. The maximum atomic E-state index is 13.4. The van der Waals surface area contributed by atoms with Crippen molar-refractivity contribution < 1.29 is 38.0 Å². The summed E-state index contributed by atoms with van der Waals surface area (Å²) in [5, 5.41) is 0.